The lowest BCUT2D eigenvalue weighted by Gasteiger charge is -2.13. The zero-order valence-corrected chi connectivity index (χ0v) is 10.0. The number of carbonyl (C=O) groups is 4. The molecular weight excluding hydrogens is 248 g/mol. The van der Waals surface area contributed by atoms with Crippen molar-refractivity contribution in [3.63, 3.8) is 0 Å². The molecule has 0 spiro atoms. The van der Waals surface area contributed by atoms with Crippen LogP contribution in [-0.4, -0.2) is 40.5 Å². The molecule has 8 heteroatoms. The minimum atomic E-state index is -0.879. The molecule has 1 rings (SSSR count). The molecule has 0 bridgehead atoms. The second-order valence-electron chi connectivity index (χ2n) is 3.44. The maximum Gasteiger partial charge on any atom is 0.352 e. The standard InChI is InChI=1S/C9H12N2O5S/c1-5(17)9(15)10-4-8(14)16-11-6(12)2-3-7(11)13/h5,17H,2-4H2,1H3,(H,10,15)/t5-/m1/s1. The lowest BCUT2D eigenvalue weighted by Crippen LogP contribution is -2.39. The Kier molecular flexibility index (Phi) is 4.50. The van der Waals surface area contributed by atoms with Crippen LogP contribution >= 0.6 is 12.6 Å². The molecule has 1 N–H and O–H groups in total. The van der Waals surface area contributed by atoms with Crippen LogP contribution in [0.1, 0.15) is 19.8 Å². The molecule has 7 nitrogen and oxygen atoms in total. The van der Waals surface area contributed by atoms with Crippen molar-refractivity contribution in [2.45, 2.75) is 25.0 Å². The molecule has 1 aliphatic rings. The molecule has 1 heterocycles. The summed E-state index contributed by atoms with van der Waals surface area (Å²) in [6, 6.07) is 0. The van der Waals surface area contributed by atoms with Crippen LogP contribution in [0.2, 0.25) is 0 Å². The maximum atomic E-state index is 11.2. The summed E-state index contributed by atoms with van der Waals surface area (Å²) in [7, 11) is 0. The summed E-state index contributed by atoms with van der Waals surface area (Å²) in [4.78, 5) is 49.0. The van der Waals surface area contributed by atoms with Gasteiger partial charge < -0.3 is 10.2 Å². The molecule has 0 aliphatic carbocycles. The summed E-state index contributed by atoms with van der Waals surface area (Å²) in [6.07, 6.45) is 0.0678. The quantitative estimate of drug-likeness (QED) is 0.501. The number of amides is 3. The van der Waals surface area contributed by atoms with Gasteiger partial charge in [0, 0.05) is 12.8 Å². The number of hydroxylamine groups is 2. The zero-order valence-electron chi connectivity index (χ0n) is 9.13. The summed E-state index contributed by atoms with van der Waals surface area (Å²) in [5.41, 5.74) is 0. The molecule has 0 aromatic carbocycles. The number of nitrogens with zero attached hydrogens (tertiary/aromatic N) is 1. The Labute approximate surface area is 103 Å². The number of carbonyl (C=O) groups excluding carboxylic acids is 4. The van der Waals surface area contributed by atoms with Crippen LogP contribution in [-0.2, 0) is 24.0 Å². The van der Waals surface area contributed by atoms with E-state index >= 15 is 0 Å². The Morgan fingerprint density at radius 2 is 1.94 bits per heavy atom. The first kappa shape index (κ1) is 13.5. The fourth-order valence-corrected chi connectivity index (χ4v) is 1.19. The van der Waals surface area contributed by atoms with Crippen molar-refractivity contribution in [2.75, 3.05) is 6.54 Å². The Hall–Kier alpha value is -1.57. The van der Waals surface area contributed by atoms with Gasteiger partial charge in [0.05, 0.1) is 5.25 Å². The van der Waals surface area contributed by atoms with E-state index in [2.05, 4.69) is 22.8 Å². The molecule has 1 atom stereocenters. The molecule has 0 aromatic heterocycles. The molecule has 1 fully saturated rings. The molecule has 0 radical (unpaired) electrons. The predicted molar refractivity (Wildman–Crippen MR) is 58.6 cm³/mol. The number of thiol groups is 1. The molecule has 1 aliphatic heterocycles. The van der Waals surface area contributed by atoms with Crippen LogP contribution in [0.25, 0.3) is 0 Å². The van der Waals surface area contributed by atoms with Crippen molar-refractivity contribution in [1.29, 1.82) is 0 Å². The number of nitrogens with one attached hydrogen (secondary N) is 1. The third-order valence-corrected chi connectivity index (χ3v) is 2.22. The zero-order chi connectivity index (χ0) is 13.0. The van der Waals surface area contributed by atoms with Crippen LogP contribution in [0.3, 0.4) is 0 Å². The van der Waals surface area contributed by atoms with E-state index in [9.17, 15) is 19.2 Å². The fourth-order valence-electron chi connectivity index (χ4n) is 1.10. The molecule has 94 valence electrons. The van der Waals surface area contributed by atoms with E-state index in [0.29, 0.717) is 5.06 Å². The van der Waals surface area contributed by atoms with Crippen LogP contribution in [0.5, 0.6) is 0 Å². The Balaban J connectivity index is 2.37. The van der Waals surface area contributed by atoms with E-state index < -0.39 is 35.5 Å². The summed E-state index contributed by atoms with van der Waals surface area (Å²) < 4.78 is 0. The molecular formula is C9H12N2O5S. The van der Waals surface area contributed by atoms with Gasteiger partial charge in [-0.05, 0) is 6.92 Å². The smallest absolute Gasteiger partial charge is 0.344 e. The highest BCUT2D eigenvalue weighted by Gasteiger charge is 2.32. The SMILES string of the molecule is C[C@@H](S)C(=O)NCC(=O)ON1C(=O)CCC1=O. The van der Waals surface area contributed by atoms with E-state index in [1.54, 1.807) is 0 Å². The Morgan fingerprint density at radius 1 is 1.41 bits per heavy atom. The summed E-state index contributed by atoms with van der Waals surface area (Å²) in [5.74, 6) is -2.44. The lowest BCUT2D eigenvalue weighted by atomic mass is 10.4. The van der Waals surface area contributed by atoms with E-state index in [1.807, 2.05) is 0 Å². The molecule has 0 saturated carbocycles. The first-order chi connectivity index (χ1) is 7.91. The van der Waals surface area contributed by atoms with Gasteiger partial charge in [0.25, 0.3) is 11.8 Å². The lowest BCUT2D eigenvalue weighted by molar-refractivity contribution is -0.196. The van der Waals surface area contributed by atoms with E-state index in [0.717, 1.165) is 0 Å². The maximum absolute atomic E-state index is 11.2. The number of rotatable bonds is 4. The number of imide groups is 1. The van der Waals surface area contributed by atoms with Crippen molar-refractivity contribution in [3.05, 3.63) is 0 Å². The first-order valence-electron chi connectivity index (χ1n) is 4.94. The van der Waals surface area contributed by atoms with Gasteiger partial charge in [-0.15, -0.1) is 5.06 Å². The van der Waals surface area contributed by atoms with Crippen molar-refractivity contribution >= 4 is 36.3 Å². The highest BCUT2D eigenvalue weighted by atomic mass is 32.1. The Morgan fingerprint density at radius 3 is 2.41 bits per heavy atom. The van der Waals surface area contributed by atoms with Gasteiger partial charge in [-0.3, -0.25) is 14.4 Å². The topological polar surface area (TPSA) is 92.8 Å². The van der Waals surface area contributed by atoms with E-state index in [-0.39, 0.29) is 12.8 Å². The minimum Gasteiger partial charge on any atom is -0.344 e. The largest absolute Gasteiger partial charge is 0.352 e. The fraction of sp³-hybridized carbons (Fsp3) is 0.556. The van der Waals surface area contributed by atoms with Gasteiger partial charge in [-0.2, -0.15) is 12.6 Å². The highest BCUT2D eigenvalue weighted by Crippen LogP contribution is 2.11. The monoisotopic (exact) mass is 260 g/mol. The van der Waals surface area contributed by atoms with Gasteiger partial charge in [0.2, 0.25) is 5.91 Å². The third kappa shape index (κ3) is 3.74. The summed E-state index contributed by atoms with van der Waals surface area (Å²) in [6.45, 7) is 1.12. The number of hydrogen-bond donors (Lipinski definition) is 2. The van der Waals surface area contributed by atoms with Gasteiger partial charge in [0.15, 0.2) is 0 Å². The Bertz CT molecular complexity index is 352. The van der Waals surface area contributed by atoms with Gasteiger partial charge in [0.1, 0.15) is 6.54 Å². The molecule has 0 aromatic rings. The van der Waals surface area contributed by atoms with Gasteiger partial charge >= 0.3 is 5.97 Å². The second-order valence-corrected chi connectivity index (χ2v) is 4.21. The minimum absolute atomic E-state index is 0.0339. The molecule has 3 amide bonds. The van der Waals surface area contributed by atoms with Gasteiger partial charge in [-0.1, -0.05) is 0 Å². The second kappa shape index (κ2) is 5.67. The summed E-state index contributed by atoms with van der Waals surface area (Å²) in [5, 5.41) is 2.12. The van der Waals surface area contributed by atoms with E-state index in [1.165, 1.54) is 6.92 Å². The van der Waals surface area contributed by atoms with Crippen molar-refractivity contribution < 1.29 is 24.0 Å². The van der Waals surface area contributed by atoms with Crippen LogP contribution in [0.4, 0.5) is 0 Å². The van der Waals surface area contributed by atoms with Crippen LogP contribution in [0.15, 0.2) is 0 Å². The average Bonchev–Trinajstić information content (AvgIpc) is 2.57. The highest BCUT2D eigenvalue weighted by molar-refractivity contribution is 7.81. The molecule has 1 saturated heterocycles. The van der Waals surface area contributed by atoms with Crippen molar-refractivity contribution in [1.82, 2.24) is 10.4 Å². The molecule has 17 heavy (non-hydrogen) atoms. The van der Waals surface area contributed by atoms with Crippen molar-refractivity contribution in [2.24, 2.45) is 0 Å². The van der Waals surface area contributed by atoms with Crippen molar-refractivity contribution in [3.8, 4) is 0 Å². The molecule has 0 unspecified atom stereocenters. The predicted octanol–water partition coefficient (Wildman–Crippen LogP) is -0.972. The average molecular weight is 260 g/mol. The normalized spacial score (nSPS) is 16.9. The third-order valence-electron chi connectivity index (χ3n) is 1.99. The first-order valence-corrected chi connectivity index (χ1v) is 5.46. The van der Waals surface area contributed by atoms with Crippen LogP contribution < -0.4 is 5.32 Å². The summed E-state index contributed by atoms with van der Waals surface area (Å²) >= 11 is 3.86. The van der Waals surface area contributed by atoms with Crippen LogP contribution in [0, 0.1) is 0 Å². The van der Waals surface area contributed by atoms with E-state index in [4.69, 9.17) is 0 Å². The van der Waals surface area contributed by atoms with Gasteiger partial charge in [-0.25, -0.2) is 4.79 Å². The number of hydrogen-bond acceptors (Lipinski definition) is 6.